The van der Waals surface area contributed by atoms with Crippen LogP contribution < -0.4 is 0 Å². The summed E-state index contributed by atoms with van der Waals surface area (Å²) < 4.78 is 5.06. The summed E-state index contributed by atoms with van der Waals surface area (Å²) >= 11 is 0. The van der Waals surface area contributed by atoms with Gasteiger partial charge in [0.25, 0.3) is 0 Å². The Labute approximate surface area is 102 Å². The summed E-state index contributed by atoms with van der Waals surface area (Å²) in [5.41, 5.74) is 0.856. The molecule has 94 valence electrons. The Morgan fingerprint density at radius 2 is 1.94 bits per heavy atom. The van der Waals surface area contributed by atoms with Gasteiger partial charge in [-0.2, -0.15) is 0 Å². The summed E-state index contributed by atoms with van der Waals surface area (Å²) in [4.78, 5) is 13.8. The second-order valence-electron chi connectivity index (χ2n) is 4.16. The standard InChI is InChI=1S/C13H19NO3/c1-4-17-13(16)12(9-14(2)3)10-5-7-11(15)8-6-10/h5-8,12,15H,4,9H2,1-3H3/t12-/m1/s1. The molecule has 0 amide bonds. The zero-order valence-electron chi connectivity index (χ0n) is 10.5. The average molecular weight is 237 g/mol. The van der Waals surface area contributed by atoms with Gasteiger partial charge in [0, 0.05) is 6.54 Å². The lowest BCUT2D eigenvalue weighted by Gasteiger charge is -2.19. The molecule has 0 heterocycles. The summed E-state index contributed by atoms with van der Waals surface area (Å²) in [7, 11) is 3.82. The van der Waals surface area contributed by atoms with Crippen molar-refractivity contribution in [2.45, 2.75) is 12.8 Å². The molecule has 4 nitrogen and oxygen atoms in total. The van der Waals surface area contributed by atoms with Crippen molar-refractivity contribution in [1.29, 1.82) is 0 Å². The lowest BCUT2D eigenvalue weighted by Crippen LogP contribution is -2.27. The van der Waals surface area contributed by atoms with Crippen molar-refractivity contribution < 1.29 is 14.6 Å². The summed E-state index contributed by atoms with van der Waals surface area (Å²) in [6.45, 7) is 2.76. The van der Waals surface area contributed by atoms with Crippen LogP contribution in [-0.2, 0) is 9.53 Å². The number of phenolic OH excluding ortho intramolecular Hbond substituents is 1. The fourth-order valence-electron chi connectivity index (χ4n) is 1.63. The minimum atomic E-state index is -0.314. The highest BCUT2D eigenvalue weighted by Gasteiger charge is 2.22. The van der Waals surface area contributed by atoms with Crippen LogP contribution >= 0.6 is 0 Å². The van der Waals surface area contributed by atoms with Crippen LogP contribution in [0.4, 0.5) is 0 Å². The number of hydrogen-bond donors (Lipinski definition) is 1. The number of phenols is 1. The lowest BCUT2D eigenvalue weighted by molar-refractivity contribution is -0.145. The average Bonchev–Trinajstić information content (AvgIpc) is 2.27. The van der Waals surface area contributed by atoms with Crippen molar-refractivity contribution >= 4 is 5.97 Å². The number of likely N-dealkylation sites (N-methyl/N-ethyl adjacent to an activating group) is 1. The second-order valence-corrected chi connectivity index (χ2v) is 4.16. The molecule has 1 atom stereocenters. The Hall–Kier alpha value is -1.55. The van der Waals surface area contributed by atoms with Crippen molar-refractivity contribution in [3.63, 3.8) is 0 Å². The Bertz CT molecular complexity index is 359. The highest BCUT2D eigenvalue weighted by molar-refractivity contribution is 5.78. The number of aromatic hydroxyl groups is 1. The Morgan fingerprint density at radius 1 is 1.35 bits per heavy atom. The van der Waals surface area contributed by atoms with Crippen molar-refractivity contribution in [2.75, 3.05) is 27.2 Å². The van der Waals surface area contributed by atoms with Gasteiger partial charge in [0.05, 0.1) is 12.5 Å². The molecule has 0 radical (unpaired) electrons. The van der Waals surface area contributed by atoms with Gasteiger partial charge >= 0.3 is 5.97 Å². The van der Waals surface area contributed by atoms with Gasteiger partial charge in [-0.1, -0.05) is 12.1 Å². The van der Waals surface area contributed by atoms with E-state index >= 15 is 0 Å². The molecule has 1 aromatic rings. The van der Waals surface area contributed by atoms with Gasteiger partial charge in [0.15, 0.2) is 0 Å². The van der Waals surface area contributed by atoms with E-state index in [0.29, 0.717) is 13.2 Å². The van der Waals surface area contributed by atoms with Crippen molar-refractivity contribution in [3.05, 3.63) is 29.8 Å². The minimum Gasteiger partial charge on any atom is -0.508 e. The number of nitrogens with zero attached hydrogens (tertiary/aromatic N) is 1. The van der Waals surface area contributed by atoms with Crippen LogP contribution in [-0.4, -0.2) is 43.2 Å². The first-order valence-corrected chi connectivity index (χ1v) is 5.65. The third-order valence-corrected chi connectivity index (χ3v) is 2.41. The van der Waals surface area contributed by atoms with Crippen LogP contribution in [0.2, 0.25) is 0 Å². The molecule has 1 N–H and O–H groups in total. The third kappa shape index (κ3) is 4.07. The van der Waals surface area contributed by atoms with E-state index in [-0.39, 0.29) is 17.6 Å². The van der Waals surface area contributed by atoms with Crippen molar-refractivity contribution in [2.24, 2.45) is 0 Å². The van der Waals surface area contributed by atoms with E-state index in [0.717, 1.165) is 5.56 Å². The fraction of sp³-hybridized carbons (Fsp3) is 0.462. The second kappa shape index (κ2) is 6.25. The molecule has 0 aliphatic heterocycles. The van der Waals surface area contributed by atoms with Crippen LogP contribution in [0, 0.1) is 0 Å². The lowest BCUT2D eigenvalue weighted by atomic mass is 9.98. The van der Waals surface area contributed by atoms with Gasteiger partial charge in [-0.3, -0.25) is 4.79 Å². The smallest absolute Gasteiger partial charge is 0.314 e. The Kier molecular flexibility index (Phi) is 4.97. The maximum absolute atomic E-state index is 11.9. The number of carbonyl (C=O) groups is 1. The molecule has 0 fully saturated rings. The van der Waals surface area contributed by atoms with Gasteiger partial charge < -0.3 is 14.7 Å². The minimum absolute atomic E-state index is 0.196. The number of esters is 1. The van der Waals surface area contributed by atoms with Gasteiger partial charge in [-0.25, -0.2) is 0 Å². The monoisotopic (exact) mass is 237 g/mol. The molecule has 1 rings (SSSR count). The molecule has 4 heteroatoms. The fourth-order valence-corrected chi connectivity index (χ4v) is 1.63. The Morgan fingerprint density at radius 3 is 2.41 bits per heavy atom. The molecule has 1 aromatic carbocycles. The maximum atomic E-state index is 11.9. The van der Waals surface area contributed by atoms with E-state index in [9.17, 15) is 9.90 Å². The van der Waals surface area contributed by atoms with E-state index in [2.05, 4.69) is 0 Å². The zero-order chi connectivity index (χ0) is 12.8. The molecule has 0 aliphatic rings. The topological polar surface area (TPSA) is 49.8 Å². The highest BCUT2D eigenvalue weighted by Crippen LogP contribution is 2.21. The summed E-state index contributed by atoms with van der Waals surface area (Å²) in [6.07, 6.45) is 0. The number of hydrogen-bond acceptors (Lipinski definition) is 4. The third-order valence-electron chi connectivity index (χ3n) is 2.41. The first kappa shape index (κ1) is 13.5. The molecule has 17 heavy (non-hydrogen) atoms. The zero-order valence-corrected chi connectivity index (χ0v) is 10.5. The van der Waals surface area contributed by atoms with E-state index in [4.69, 9.17) is 4.74 Å². The van der Waals surface area contributed by atoms with E-state index in [1.807, 2.05) is 19.0 Å². The van der Waals surface area contributed by atoms with E-state index in [1.165, 1.54) is 0 Å². The van der Waals surface area contributed by atoms with E-state index in [1.54, 1.807) is 31.2 Å². The number of rotatable bonds is 5. The highest BCUT2D eigenvalue weighted by atomic mass is 16.5. The van der Waals surface area contributed by atoms with Crippen LogP contribution in [0.25, 0.3) is 0 Å². The van der Waals surface area contributed by atoms with Crippen LogP contribution in [0.15, 0.2) is 24.3 Å². The summed E-state index contributed by atoms with van der Waals surface area (Å²) in [6, 6.07) is 6.66. The van der Waals surface area contributed by atoms with Crippen LogP contribution in [0.1, 0.15) is 18.4 Å². The molecule has 0 aliphatic carbocycles. The number of benzene rings is 1. The van der Waals surface area contributed by atoms with Crippen LogP contribution in [0.5, 0.6) is 5.75 Å². The molecule has 0 saturated heterocycles. The van der Waals surface area contributed by atoms with Crippen molar-refractivity contribution in [3.8, 4) is 5.75 Å². The molecule has 0 bridgehead atoms. The quantitative estimate of drug-likeness (QED) is 0.790. The molecule has 0 saturated carbocycles. The van der Waals surface area contributed by atoms with Gasteiger partial charge in [-0.05, 0) is 38.7 Å². The maximum Gasteiger partial charge on any atom is 0.314 e. The SMILES string of the molecule is CCOC(=O)[C@H](CN(C)C)c1ccc(O)cc1. The molecule has 0 aromatic heterocycles. The predicted molar refractivity (Wildman–Crippen MR) is 66.0 cm³/mol. The predicted octanol–water partition coefficient (Wildman–Crippen LogP) is 1.60. The van der Waals surface area contributed by atoms with E-state index < -0.39 is 0 Å². The summed E-state index contributed by atoms with van der Waals surface area (Å²) in [5, 5.41) is 9.24. The first-order valence-electron chi connectivity index (χ1n) is 5.65. The molecule has 0 unspecified atom stereocenters. The number of carbonyl (C=O) groups excluding carboxylic acids is 1. The molecule has 0 spiro atoms. The van der Waals surface area contributed by atoms with Gasteiger partial charge in [0.2, 0.25) is 0 Å². The molecular weight excluding hydrogens is 218 g/mol. The number of ether oxygens (including phenoxy) is 1. The molecular formula is C13H19NO3. The van der Waals surface area contributed by atoms with Gasteiger partial charge in [0.1, 0.15) is 5.75 Å². The van der Waals surface area contributed by atoms with Crippen LogP contribution in [0.3, 0.4) is 0 Å². The van der Waals surface area contributed by atoms with Crippen molar-refractivity contribution in [1.82, 2.24) is 4.90 Å². The largest absolute Gasteiger partial charge is 0.508 e. The Balaban J connectivity index is 2.89. The van der Waals surface area contributed by atoms with Gasteiger partial charge in [-0.15, -0.1) is 0 Å². The summed E-state index contributed by atoms with van der Waals surface area (Å²) in [5.74, 6) is -0.348. The first-order chi connectivity index (χ1) is 8.04. The normalized spacial score (nSPS) is 12.5.